The van der Waals surface area contributed by atoms with Gasteiger partial charge in [-0.15, -0.1) is 0 Å². The monoisotopic (exact) mass is 877 g/mol. The van der Waals surface area contributed by atoms with Crippen molar-refractivity contribution in [3.8, 4) is 0 Å². The van der Waals surface area contributed by atoms with E-state index in [2.05, 4.69) is 10.0 Å². The zero-order valence-corrected chi connectivity index (χ0v) is 35.2. The van der Waals surface area contributed by atoms with Crippen molar-refractivity contribution in [1.82, 2.24) is 0 Å². The molecule has 0 saturated carbocycles. The van der Waals surface area contributed by atoms with Crippen molar-refractivity contribution in [2.75, 3.05) is 13.2 Å². The van der Waals surface area contributed by atoms with Crippen LogP contribution < -0.4 is 0 Å². The molecule has 2 bridgehead atoms. The third-order valence-corrected chi connectivity index (χ3v) is 11.6. The van der Waals surface area contributed by atoms with E-state index in [0.717, 1.165) is 27.5 Å². The van der Waals surface area contributed by atoms with Gasteiger partial charge in [-0.1, -0.05) is 139 Å². The molecule has 6 aromatic carbocycles. The molecule has 65 heavy (non-hydrogen) atoms. The molecule has 0 spiro atoms. The van der Waals surface area contributed by atoms with Gasteiger partial charge in [0.05, 0.1) is 37.6 Å². The molecule has 0 radical (unpaired) electrons. The molecule has 0 aliphatic carbocycles. The van der Waals surface area contributed by atoms with Crippen LogP contribution in [0, 0.1) is 0 Å². The predicted octanol–water partition coefficient (Wildman–Crippen LogP) is 8.52. The van der Waals surface area contributed by atoms with Gasteiger partial charge in [-0.2, -0.15) is 0 Å². The van der Waals surface area contributed by atoms with Crippen molar-refractivity contribution < 1.29 is 52.2 Å². The van der Waals surface area contributed by atoms with Crippen LogP contribution in [0.15, 0.2) is 169 Å². The molecule has 0 aromatic heterocycles. The highest BCUT2D eigenvalue weighted by Crippen LogP contribution is 2.38. The Kier molecular flexibility index (Phi) is 14.2. The molecule has 3 aliphatic rings. The Bertz CT molecular complexity index is 2550. The van der Waals surface area contributed by atoms with Gasteiger partial charge in [-0.3, -0.25) is 0 Å². The van der Waals surface area contributed by atoms with Gasteiger partial charge in [0.25, 0.3) is 0 Å². The fourth-order valence-corrected chi connectivity index (χ4v) is 8.31. The van der Waals surface area contributed by atoms with Crippen LogP contribution in [0.4, 0.5) is 0 Å². The van der Waals surface area contributed by atoms with Gasteiger partial charge in [0.15, 0.2) is 12.6 Å². The Hall–Kier alpha value is -6.45. The summed E-state index contributed by atoms with van der Waals surface area (Å²) in [5.41, 5.74) is 13.4. The molecule has 3 fully saturated rings. The van der Waals surface area contributed by atoms with Gasteiger partial charge in [0, 0.05) is 4.91 Å². The highest BCUT2D eigenvalue weighted by atomic mass is 16.8. The first-order valence-corrected chi connectivity index (χ1v) is 21.5. The van der Waals surface area contributed by atoms with E-state index < -0.39 is 73.3 Å². The first kappa shape index (κ1) is 43.8. The minimum absolute atomic E-state index is 0.0307. The lowest BCUT2D eigenvalue weighted by molar-refractivity contribution is -0.327. The smallest absolute Gasteiger partial charge is 0.338 e. The zero-order valence-electron chi connectivity index (χ0n) is 35.2. The van der Waals surface area contributed by atoms with Crippen LogP contribution in [-0.4, -0.2) is 86.5 Å². The summed E-state index contributed by atoms with van der Waals surface area (Å²) in [6.45, 7) is 0.225. The molecule has 332 valence electrons. The highest BCUT2D eigenvalue weighted by Gasteiger charge is 2.57. The van der Waals surface area contributed by atoms with Crippen LogP contribution in [0.5, 0.6) is 0 Å². The molecule has 0 N–H and O–H groups in total. The average molecular weight is 878 g/mol. The lowest BCUT2D eigenvalue weighted by Crippen LogP contribution is -2.64. The maximum absolute atomic E-state index is 14.0. The van der Waals surface area contributed by atoms with Crippen molar-refractivity contribution in [2.45, 2.75) is 81.2 Å². The summed E-state index contributed by atoms with van der Waals surface area (Å²) < 4.78 is 58.3. The first-order chi connectivity index (χ1) is 32.0. The second-order valence-electron chi connectivity index (χ2n) is 15.9. The van der Waals surface area contributed by atoms with E-state index in [1.165, 1.54) is 0 Å². The van der Waals surface area contributed by atoms with E-state index in [-0.39, 0.29) is 38.6 Å². The maximum Gasteiger partial charge on any atom is 0.338 e. The molecule has 0 unspecified atom stereocenters. The fourth-order valence-electron chi connectivity index (χ4n) is 8.31. The minimum atomic E-state index is -1.43. The lowest BCUT2D eigenvalue weighted by Gasteiger charge is -2.47. The molecule has 3 aliphatic heterocycles. The van der Waals surface area contributed by atoms with Crippen molar-refractivity contribution in [1.29, 1.82) is 0 Å². The third-order valence-electron chi connectivity index (χ3n) is 11.6. The minimum Gasteiger partial charge on any atom is -0.459 e. The Morgan fingerprint density at radius 1 is 0.585 bits per heavy atom. The van der Waals surface area contributed by atoms with E-state index >= 15 is 0 Å². The van der Waals surface area contributed by atoms with Gasteiger partial charge in [0.1, 0.15) is 55.4 Å². The molecular weight excluding hydrogens is 831 g/mol. The number of esters is 2. The van der Waals surface area contributed by atoms with Gasteiger partial charge in [0.2, 0.25) is 0 Å². The number of ether oxygens (including phenoxy) is 9. The molecule has 14 heteroatoms. The van der Waals surface area contributed by atoms with E-state index in [1.807, 2.05) is 103 Å². The number of carbonyl (C=O) groups is 2. The van der Waals surface area contributed by atoms with Crippen LogP contribution in [0.1, 0.15) is 37.4 Å². The molecule has 10 atom stereocenters. The van der Waals surface area contributed by atoms with E-state index in [4.69, 9.17) is 42.6 Å². The van der Waals surface area contributed by atoms with Gasteiger partial charge >= 0.3 is 11.9 Å². The summed E-state index contributed by atoms with van der Waals surface area (Å²) >= 11 is 0. The first-order valence-electron chi connectivity index (χ1n) is 21.5. The second-order valence-corrected chi connectivity index (χ2v) is 15.9. The highest BCUT2D eigenvalue weighted by molar-refractivity contribution is 5.90. The summed E-state index contributed by atoms with van der Waals surface area (Å²) in [6, 6.07) is 48.8. The van der Waals surface area contributed by atoms with Crippen molar-refractivity contribution in [3.63, 3.8) is 0 Å². The number of hydrogen-bond acceptors (Lipinski definition) is 12. The average Bonchev–Trinajstić information content (AvgIpc) is 3.80. The number of carbonyl (C=O) groups excluding carboxylic acids is 2. The number of rotatable bonds is 17. The van der Waals surface area contributed by atoms with Gasteiger partial charge < -0.3 is 42.6 Å². The SMILES string of the molecule is [N-]=[N+]=N[C@H]1[C@@H](O[C@@H]2[C@@H](OCc3ccccc3)[C@@H](OCc3ccccc3)[C@@H]3OC[C@@H]2O3)O[C@H](COC(=O)c2ccccc2)[C@@H](OCc2ccc3ccccc3c2)[C@@H]1OC(=O)c1ccccc1. The third kappa shape index (κ3) is 10.6. The van der Waals surface area contributed by atoms with E-state index in [9.17, 15) is 15.1 Å². The number of nitrogens with zero attached hydrogens (tertiary/aromatic N) is 3. The number of azide groups is 1. The van der Waals surface area contributed by atoms with E-state index in [0.29, 0.717) is 5.56 Å². The topological polar surface area (TPSA) is 166 Å². The largest absolute Gasteiger partial charge is 0.459 e. The number of hydrogen-bond donors (Lipinski definition) is 0. The molecular formula is C51H47N3O11. The van der Waals surface area contributed by atoms with Gasteiger partial charge in [-0.05, 0) is 63.3 Å². The predicted molar refractivity (Wildman–Crippen MR) is 236 cm³/mol. The summed E-state index contributed by atoms with van der Waals surface area (Å²) in [4.78, 5) is 30.7. The molecule has 3 saturated heterocycles. The van der Waals surface area contributed by atoms with Crippen LogP contribution in [0.3, 0.4) is 0 Å². The summed E-state index contributed by atoms with van der Waals surface area (Å²) in [5, 5.41) is 6.22. The van der Waals surface area contributed by atoms with Crippen molar-refractivity contribution >= 4 is 22.7 Å². The summed E-state index contributed by atoms with van der Waals surface area (Å²) in [6.07, 6.45) is -9.00. The standard InChI is InChI=1S/C51H47N3O11/c52-54-53-42-45(64-49(56)38-22-11-4-12-23-38)43(57-30-35-25-26-36-19-13-14-24-39(36)27-35)40(31-60-48(55)37-20-9-3-10-21-37)62-50(42)65-44-41-32-61-51(63-41)47(59-29-34-17-7-2-8-18-34)46(44)58-28-33-15-5-1-6-16-33/h1-27,40-47,50-51H,28-32H2/t40-,41+,42-,43-,44+,45-,46-,47-,50-,51-/m1/s1. The Balaban J connectivity index is 1.06. The van der Waals surface area contributed by atoms with Crippen LogP contribution >= 0.6 is 0 Å². The molecule has 0 amide bonds. The quantitative estimate of drug-likeness (QED) is 0.0373. The molecule has 14 nitrogen and oxygen atoms in total. The van der Waals surface area contributed by atoms with Crippen LogP contribution in [0.2, 0.25) is 0 Å². The zero-order chi connectivity index (χ0) is 44.4. The van der Waals surface area contributed by atoms with Crippen LogP contribution in [0.25, 0.3) is 21.2 Å². The Morgan fingerprint density at radius 2 is 1.15 bits per heavy atom. The number of fused-ring (bicyclic) bond motifs is 3. The lowest BCUT2D eigenvalue weighted by atomic mass is 9.95. The van der Waals surface area contributed by atoms with Gasteiger partial charge in [-0.25, -0.2) is 9.59 Å². The maximum atomic E-state index is 14.0. The normalized spacial score (nSPS) is 25.9. The molecule has 9 rings (SSSR count). The van der Waals surface area contributed by atoms with Crippen molar-refractivity contribution in [2.24, 2.45) is 5.11 Å². The Morgan fingerprint density at radius 3 is 1.82 bits per heavy atom. The van der Waals surface area contributed by atoms with Crippen LogP contribution in [-0.2, 0) is 62.5 Å². The number of benzene rings is 6. The van der Waals surface area contributed by atoms with Crippen molar-refractivity contribution in [3.05, 3.63) is 202 Å². The fraction of sp³-hybridized carbons (Fsp3) is 0.294. The molecule has 6 aromatic rings. The Labute approximate surface area is 375 Å². The second kappa shape index (κ2) is 21.0. The summed E-state index contributed by atoms with van der Waals surface area (Å²) in [7, 11) is 0. The summed E-state index contributed by atoms with van der Waals surface area (Å²) in [5.74, 6) is -1.32. The molecule has 3 heterocycles. The van der Waals surface area contributed by atoms with E-state index in [1.54, 1.807) is 60.7 Å².